The Morgan fingerprint density at radius 2 is 1.71 bits per heavy atom. The summed E-state index contributed by atoms with van der Waals surface area (Å²) in [7, 11) is 1.73. The Kier molecular flexibility index (Phi) is 3.46. The van der Waals surface area contributed by atoms with Gasteiger partial charge in [-0.15, -0.1) is 0 Å². The molecule has 0 aliphatic carbocycles. The van der Waals surface area contributed by atoms with Gasteiger partial charge in [0.25, 0.3) is 0 Å². The van der Waals surface area contributed by atoms with Gasteiger partial charge in [-0.1, -0.05) is 0 Å². The van der Waals surface area contributed by atoms with Gasteiger partial charge < -0.3 is 9.57 Å². The summed E-state index contributed by atoms with van der Waals surface area (Å²) in [5, 5.41) is 2.08. The van der Waals surface area contributed by atoms with Crippen molar-refractivity contribution in [2.75, 3.05) is 7.11 Å². The van der Waals surface area contributed by atoms with E-state index in [0.717, 1.165) is 25.7 Å². The Morgan fingerprint density at radius 3 is 2.12 bits per heavy atom. The first-order valence-corrected chi connectivity index (χ1v) is 6.45. The number of fused-ring (bicyclic) bond motifs is 2. The lowest BCUT2D eigenvalue weighted by atomic mass is 9.96. The van der Waals surface area contributed by atoms with Gasteiger partial charge in [-0.05, 0) is 33.6 Å². The molecule has 2 aliphatic rings. The molecule has 17 heavy (non-hydrogen) atoms. The van der Waals surface area contributed by atoms with Crippen LogP contribution in [0.15, 0.2) is 0 Å². The summed E-state index contributed by atoms with van der Waals surface area (Å²) in [6.07, 6.45) is 4.20. The van der Waals surface area contributed by atoms with Crippen molar-refractivity contribution >= 4 is 5.97 Å². The van der Waals surface area contributed by atoms with Gasteiger partial charge in [-0.25, -0.2) is 0 Å². The number of piperidine rings is 1. The topological polar surface area (TPSA) is 38.8 Å². The first-order chi connectivity index (χ1) is 7.91. The van der Waals surface area contributed by atoms with E-state index in [1.807, 2.05) is 20.8 Å². The van der Waals surface area contributed by atoms with Gasteiger partial charge >= 0.3 is 5.97 Å². The van der Waals surface area contributed by atoms with E-state index >= 15 is 0 Å². The maximum Gasteiger partial charge on any atom is 0.311 e. The molecule has 4 nitrogen and oxygen atoms in total. The lowest BCUT2D eigenvalue weighted by molar-refractivity contribution is -0.203. The Hall–Kier alpha value is -0.610. The van der Waals surface area contributed by atoms with Gasteiger partial charge in [0.2, 0.25) is 0 Å². The Balaban J connectivity index is 1.92. The van der Waals surface area contributed by atoms with E-state index in [9.17, 15) is 4.79 Å². The monoisotopic (exact) mass is 241 g/mol. The number of ether oxygens (including phenoxy) is 1. The van der Waals surface area contributed by atoms with Gasteiger partial charge in [0.05, 0.1) is 12.5 Å². The molecule has 0 N–H and O–H groups in total. The van der Waals surface area contributed by atoms with Crippen molar-refractivity contribution in [3.8, 4) is 0 Å². The van der Waals surface area contributed by atoms with Crippen LogP contribution in [0.4, 0.5) is 0 Å². The lowest BCUT2D eigenvalue weighted by Gasteiger charge is -2.37. The van der Waals surface area contributed by atoms with Crippen LogP contribution in [0, 0.1) is 5.41 Å². The van der Waals surface area contributed by atoms with Crippen LogP contribution in [0.5, 0.6) is 0 Å². The van der Waals surface area contributed by atoms with E-state index in [1.165, 1.54) is 0 Å². The molecule has 2 rings (SSSR count). The highest BCUT2D eigenvalue weighted by atomic mass is 16.7. The second-order valence-electron chi connectivity index (χ2n) is 6.18. The van der Waals surface area contributed by atoms with Crippen molar-refractivity contribution in [3.63, 3.8) is 0 Å². The highest BCUT2D eigenvalue weighted by molar-refractivity contribution is 5.75. The SMILES string of the molecule is CON1C2CCC1CC(OC(=O)C(C)(C)C)C2. The van der Waals surface area contributed by atoms with Crippen LogP contribution in [0.25, 0.3) is 0 Å². The van der Waals surface area contributed by atoms with Crippen molar-refractivity contribution in [2.45, 2.75) is 64.6 Å². The molecule has 0 aromatic rings. The number of esters is 1. The molecule has 2 unspecified atom stereocenters. The molecule has 2 saturated heterocycles. The summed E-state index contributed by atoms with van der Waals surface area (Å²) in [6.45, 7) is 5.69. The second kappa shape index (κ2) is 4.58. The van der Waals surface area contributed by atoms with Crippen LogP contribution in [-0.4, -0.2) is 36.3 Å². The molecule has 2 aliphatic heterocycles. The van der Waals surface area contributed by atoms with Gasteiger partial charge in [-0.3, -0.25) is 4.79 Å². The summed E-state index contributed by atoms with van der Waals surface area (Å²) in [5.41, 5.74) is -0.405. The molecule has 0 aromatic heterocycles. The van der Waals surface area contributed by atoms with Gasteiger partial charge in [0.15, 0.2) is 0 Å². The number of carbonyl (C=O) groups excluding carboxylic acids is 1. The van der Waals surface area contributed by atoms with Gasteiger partial charge in [0.1, 0.15) is 6.10 Å². The number of hydrogen-bond acceptors (Lipinski definition) is 4. The van der Waals surface area contributed by atoms with E-state index < -0.39 is 5.41 Å². The third-order valence-electron chi connectivity index (χ3n) is 3.72. The number of carbonyl (C=O) groups is 1. The fraction of sp³-hybridized carbons (Fsp3) is 0.923. The molecule has 2 atom stereocenters. The first kappa shape index (κ1) is 12.8. The molecule has 2 fully saturated rings. The summed E-state index contributed by atoms with van der Waals surface area (Å²) >= 11 is 0. The molecule has 98 valence electrons. The molecule has 0 radical (unpaired) electrons. The van der Waals surface area contributed by atoms with Crippen LogP contribution in [0.3, 0.4) is 0 Å². The van der Waals surface area contributed by atoms with Crippen LogP contribution in [0.2, 0.25) is 0 Å². The molecule has 0 aromatic carbocycles. The van der Waals surface area contributed by atoms with Crippen LogP contribution in [-0.2, 0) is 14.4 Å². The van der Waals surface area contributed by atoms with Crippen LogP contribution >= 0.6 is 0 Å². The van der Waals surface area contributed by atoms with Crippen molar-refractivity contribution in [3.05, 3.63) is 0 Å². The molecular weight excluding hydrogens is 218 g/mol. The molecule has 4 heteroatoms. The zero-order chi connectivity index (χ0) is 12.6. The fourth-order valence-electron chi connectivity index (χ4n) is 2.81. The standard InChI is InChI=1S/C13H23NO3/c1-13(2,3)12(15)17-11-7-9-5-6-10(8-11)14(9)16-4/h9-11H,5-8H2,1-4H3. The van der Waals surface area contributed by atoms with Crippen molar-refractivity contribution in [1.29, 1.82) is 0 Å². The van der Waals surface area contributed by atoms with Gasteiger partial charge in [-0.2, -0.15) is 5.06 Å². The van der Waals surface area contributed by atoms with E-state index in [4.69, 9.17) is 9.57 Å². The molecular formula is C13H23NO3. The summed E-state index contributed by atoms with van der Waals surface area (Å²) in [5.74, 6) is -0.0900. The molecule has 2 heterocycles. The summed E-state index contributed by atoms with van der Waals surface area (Å²) < 4.78 is 5.61. The quantitative estimate of drug-likeness (QED) is 0.694. The van der Waals surface area contributed by atoms with E-state index in [2.05, 4.69) is 5.06 Å². The highest BCUT2D eigenvalue weighted by Gasteiger charge is 2.43. The minimum absolute atomic E-state index is 0.0747. The predicted molar refractivity (Wildman–Crippen MR) is 64.2 cm³/mol. The molecule has 0 saturated carbocycles. The van der Waals surface area contributed by atoms with Crippen LogP contribution in [0.1, 0.15) is 46.5 Å². The Morgan fingerprint density at radius 1 is 1.18 bits per heavy atom. The highest BCUT2D eigenvalue weighted by Crippen LogP contribution is 2.37. The van der Waals surface area contributed by atoms with Crippen molar-refractivity contribution in [1.82, 2.24) is 5.06 Å². The third-order valence-corrected chi connectivity index (χ3v) is 3.72. The summed E-state index contributed by atoms with van der Waals surface area (Å²) in [4.78, 5) is 17.2. The van der Waals surface area contributed by atoms with E-state index in [1.54, 1.807) is 7.11 Å². The average molecular weight is 241 g/mol. The zero-order valence-electron chi connectivity index (χ0n) is 11.2. The van der Waals surface area contributed by atoms with Crippen molar-refractivity contribution in [2.24, 2.45) is 5.41 Å². The fourth-order valence-corrected chi connectivity index (χ4v) is 2.81. The largest absolute Gasteiger partial charge is 0.462 e. The normalized spacial score (nSPS) is 33.8. The molecule has 2 bridgehead atoms. The molecule has 0 spiro atoms. The number of hydroxylamine groups is 2. The Bertz CT molecular complexity index is 284. The minimum Gasteiger partial charge on any atom is -0.462 e. The maximum atomic E-state index is 11.9. The van der Waals surface area contributed by atoms with Crippen LogP contribution < -0.4 is 0 Å². The number of nitrogens with zero attached hydrogens (tertiary/aromatic N) is 1. The summed E-state index contributed by atoms with van der Waals surface area (Å²) in [6, 6.07) is 0.855. The van der Waals surface area contributed by atoms with E-state index in [-0.39, 0.29) is 12.1 Å². The lowest BCUT2D eigenvalue weighted by Crippen LogP contribution is -2.45. The third kappa shape index (κ3) is 2.63. The number of rotatable bonds is 2. The first-order valence-electron chi connectivity index (χ1n) is 6.45. The average Bonchev–Trinajstić information content (AvgIpc) is 2.47. The predicted octanol–water partition coefficient (Wildman–Crippen LogP) is 2.13. The van der Waals surface area contributed by atoms with Crippen molar-refractivity contribution < 1.29 is 14.4 Å². The van der Waals surface area contributed by atoms with Gasteiger partial charge in [0, 0.05) is 24.9 Å². The second-order valence-corrected chi connectivity index (χ2v) is 6.18. The van der Waals surface area contributed by atoms with E-state index in [0.29, 0.717) is 12.1 Å². The molecule has 0 amide bonds. The minimum atomic E-state index is -0.405. The maximum absolute atomic E-state index is 11.9. The Labute approximate surface area is 103 Å². The smallest absolute Gasteiger partial charge is 0.311 e. The number of hydrogen-bond donors (Lipinski definition) is 0. The zero-order valence-corrected chi connectivity index (χ0v) is 11.2.